The summed E-state index contributed by atoms with van der Waals surface area (Å²) in [6.07, 6.45) is -3.27. The van der Waals surface area contributed by atoms with Crippen molar-refractivity contribution in [1.82, 2.24) is 14.7 Å². The van der Waals surface area contributed by atoms with Gasteiger partial charge in [0.25, 0.3) is 5.91 Å². The normalized spacial score (nSPS) is 12.5. The number of aliphatic hydroxyl groups is 2. The number of benzene rings is 2. The molecule has 0 radical (unpaired) electrons. The van der Waals surface area contributed by atoms with E-state index in [0.717, 1.165) is 10.9 Å². The third-order valence-electron chi connectivity index (χ3n) is 5.86. The number of ether oxygens (including phenoxy) is 1. The minimum absolute atomic E-state index is 0. The topological polar surface area (TPSA) is 148 Å². The predicted octanol–water partition coefficient (Wildman–Crippen LogP) is -1.89. The molecule has 39 heavy (non-hydrogen) atoms. The first-order valence-corrected chi connectivity index (χ1v) is 12.7. The molecule has 10 nitrogen and oxygen atoms in total. The third kappa shape index (κ3) is 9.03. The smallest absolute Gasteiger partial charge is 0.550 e. The van der Waals surface area contributed by atoms with Gasteiger partial charge in [0.15, 0.2) is 5.69 Å². The van der Waals surface area contributed by atoms with Crippen molar-refractivity contribution < 1.29 is 64.3 Å². The van der Waals surface area contributed by atoms with Gasteiger partial charge in [-0.2, -0.15) is 5.10 Å². The van der Waals surface area contributed by atoms with Gasteiger partial charge in [0.2, 0.25) is 5.88 Å². The second-order valence-electron chi connectivity index (χ2n) is 9.48. The van der Waals surface area contributed by atoms with Crippen LogP contribution in [-0.4, -0.2) is 67.7 Å². The quantitative estimate of drug-likeness (QED) is 0.171. The van der Waals surface area contributed by atoms with Crippen LogP contribution in [0.25, 0.3) is 5.69 Å². The number of hydrogen-bond acceptors (Lipinski definition) is 8. The first-order chi connectivity index (χ1) is 18.0. The van der Waals surface area contributed by atoms with Crippen LogP contribution in [0.4, 0.5) is 0 Å². The van der Waals surface area contributed by atoms with Crippen LogP contribution in [-0.2, 0) is 11.3 Å². The van der Waals surface area contributed by atoms with Gasteiger partial charge in [-0.05, 0) is 41.1 Å². The Bertz CT molecular complexity index is 1250. The summed E-state index contributed by atoms with van der Waals surface area (Å²) in [5, 5.41) is 46.1. The Labute approximate surface area is 252 Å². The van der Waals surface area contributed by atoms with Gasteiger partial charge >= 0.3 is 29.6 Å². The standard InChI is InChI=1S/C27H34N3O7P.Na/c1-16(2)24-25(26(36)29(3)14-17-4-8-19(31)9-5-17)28-30(18-6-10-22(38)11-7-18)27(24)37-15-21(33)12-20(32)13-23(34)35;/h4-11,16,20-21,31-33H,12-15,38H2,1-3H3,(H,34,35);/q;+1/p-1. The molecule has 0 spiro atoms. The van der Waals surface area contributed by atoms with Crippen LogP contribution < -0.4 is 44.7 Å². The van der Waals surface area contributed by atoms with Crippen LogP contribution in [0.15, 0.2) is 48.5 Å². The first-order valence-electron chi connectivity index (χ1n) is 12.2. The number of carbonyl (C=O) groups excluding carboxylic acids is 2. The Morgan fingerprint density at radius 1 is 1.08 bits per heavy atom. The average Bonchev–Trinajstić information content (AvgIpc) is 3.23. The molecule has 1 amide bonds. The van der Waals surface area contributed by atoms with E-state index < -0.39 is 24.6 Å². The summed E-state index contributed by atoms with van der Waals surface area (Å²) in [7, 11) is 4.25. The maximum absolute atomic E-state index is 13.6. The number of aliphatic hydroxyl groups excluding tert-OH is 2. The van der Waals surface area contributed by atoms with E-state index in [0.29, 0.717) is 11.3 Å². The summed E-state index contributed by atoms with van der Waals surface area (Å²) in [6.45, 7) is 3.83. The van der Waals surface area contributed by atoms with Gasteiger partial charge < -0.3 is 34.9 Å². The van der Waals surface area contributed by atoms with Crippen molar-refractivity contribution in [2.24, 2.45) is 0 Å². The molecule has 3 rings (SSSR count). The van der Waals surface area contributed by atoms with Crippen molar-refractivity contribution in [2.45, 2.75) is 51.4 Å². The molecule has 3 atom stereocenters. The second kappa shape index (κ2) is 14.8. The first kappa shape index (κ1) is 32.8. The molecule has 1 heterocycles. The van der Waals surface area contributed by atoms with E-state index >= 15 is 0 Å². The Morgan fingerprint density at radius 3 is 2.26 bits per heavy atom. The van der Waals surface area contributed by atoms with Gasteiger partial charge in [-0.1, -0.05) is 38.1 Å². The molecule has 0 saturated heterocycles. The summed E-state index contributed by atoms with van der Waals surface area (Å²) in [5.74, 6) is -1.52. The zero-order valence-electron chi connectivity index (χ0n) is 22.6. The van der Waals surface area contributed by atoms with Crippen LogP contribution in [0.2, 0.25) is 0 Å². The molecule has 12 heteroatoms. The van der Waals surface area contributed by atoms with Gasteiger partial charge in [-0.25, -0.2) is 4.68 Å². The van der Waals surface area contributed by atoms with Crippen LogP contribution in [0.5, 0.6) is 11.6 Å². The van der Waals surface area contributed by atoms with E-state index in [-0.39, 0.29) is 78.3 Å². The molecule has 2 aromatic carbocycles. The van der Waals surface area contributed by atoms with E-state index in [1.807, 2.05) is 38.1 Å². The fourth-order valence-electron chi connectivity index (χ4n) is 3.98. The van der Waals surface area contributed by atoms with Crippen LogP contribution >= 0.6 is 9.24 Å². The fourth-order valence-corrected chi connectivity index (χ4v) is 4.18. The minimum Gasteiger partial charge on any atom is -0.550 e. The van der Waals surface area contributed by atoms with Gasteiger partial charge in [0, 0.05) is 38.0 Å². The predicted molar refractivity (Wildman–Crippen MR) is 143 cm³/mol. The Kier molecular flexibility index (Phi) is 12.4. The van der Waals surface area contributed by atoms with Gasteiger partial charge in [-0.15, -0.1) is 9.24 Å². The molecule has 0 fully saturated rings. The summed E-state index contributed by atoms with van der Waals surface area (Å²) < 4.78 is 7.50. The average molecular weight is 566 g/mol. The monoisotopic (exact) mass is 565 g/mol. The number of aromatic hydroxyl groups is 1. The summed E-state index contributed by atoms with van der Waals surface area (Å²) in [4.78, 5) is 25.8. The zero-order valence-corrected chi connectivity index (χ0v) is 25.7. The van der Waals surface area contributed by atoms with Crippen molar-refractivity contribution in [3.63, 3.8) is 0 Å². The minimum atomic E-state index is -1.41. The molecule has 1 aromatic heterocycles. The molecule has 3 N–H and O–H groups in total. The Morgan fingerprint density at radius 2 is 1.69 bits per heavy atom. The fraction of sp³-hybridized carbons (Fsp3) is 0.370. The molecule has 0 saturated carbocycles. The Hall–Kier alpha value is -2.46. The molecule has 0 aliphatic rings. The zero-order chi connectivity index (χ0) is 28.0. The Balaban J connectivity index is 0.00000533. The SMILES string of the molecule is CC(C)c1c(C(=O)N(C)Cc2ccc(O)cc2)nn(-c2ccc(P)cc2)c1OCC(O)CC(O)CC(=O)[O-].[Na+]. The largest absolute Gasteiger partial charge is 1.00 e. The number of phenolic OH excluding ortho intramolecular Hbond substituents is 1. The number of rotatable bonds is 12. The van der Waals surface area contributed by atoms with E-state index in [4.69, 9.17) is 4.74 Å². The van der Waals surface area contributed by atoms with E-state index in [9.17, 15) is 30.0 Å². The maximum Gasteiger partial charge on any atom is 1.00 e. The van der Waals surface area contributed by atoms with E-state index in [1.165, 1.54) is 9.58 Å². The van der Waals surface area contributed by atoms with Crippen molar-refractivity contribution in [3.8, 4) is 17.3 Å². The summed E-state index contributed by atoms with van der Waals surface area (Å²) >= 11 is 0. The van der Waals surface area contributed by atoms with Crippen molar-refractivity contribution in [1.29, 1.82) is 0 Å². The number of carbonyl (C=O) groups is 2. The van der Waals surface area contributed by atoms with E-state index in [2.05, 4.69) is 14.3 Å². The molecule has 0 aliphatic carbocycles. The number of nitrogens with zero attached hydrogens (tertiary/aromatic N) is 3. The van der Waals surface area contributed by atoms with Gasteiger partial charge in [-0.3, -0.25) is 4.79 Å². The number of aromatic nitrogens is 2. The van der Waals surface area contributed by atoms with Crippen LogP contribution in [0.1, 0.15) is 54.2 Å². The van der Waals surface area contributed by atoms with Gasteiger partial charge in [0.05, 0.1) is 17.9 Å². The van der Waals surface area contributed by atoms with Crippen molar-refractivity contribution in [3.05, 3.63) is 65.4 Å². The molecule has 0 aliphatic heterocycles. The molecule has 3 unspecified atom stereocenters. The maximum atomic E-state index is 13.6. The third-order valence-corrected chi connectivity index (χ3v) is 6.24. The summed E-state index contributed by atoms with van der Waals surface area (Å²) in [6, 6.07) is 13.9. The van der Waals surface area contributed by atoms with Gasteiger partial charge in [0.1, 0.15) is 12.4 Å². The number of amides is 1. The number of phenols is 1. The van der Waals surface area contributed by atoms with Crippen molar-refractivity contribution >= 4 is 26.4 Å². The molecular formula is C27H33N3NaO7P. The molecule has 204 valence electrons. The molecular weight excluding hydrogens is 532 g/mol. The molecule has 3 aromatic rings. The van der Waals surface area contributed by atoms with Crippen LogP contribution in [0, 0.1) is 0 Å². The molecule has 0 bridgehead atoms. The van der Waals surface area contributed by atoms with Crippen molar-refractivity contribution in [2.75, 3.05) is 13.7 Å². The van der Waals surface area contributed by atoms with E-state index in [1.54, 1.807) is 31.3 Å². The summed E-state index contributed by atoms with van der Waals surface area (Å²) in [5.41, 5.74) is 2.21. The number of hydrogen-bond donors (Lipinski definition) is 3. The number of aliphatic carboxylic acids is 1. The number of carboxylic acids is 1. The number of carboxylic acid groups (broad SMARTS) is 1. The second-order valence-corrected chi connectivity index (χ2v) is 10.2. The van der Waals surface area contributed by atoms with Crippen LogP contribution in [0.3, 0.4) is 0 Å².